The number of pyridine rings is 1. The van der Waals surface area contributed by atoms with Gasteiger partial charge >= 0.3 is 0 Å². The third-order valence-corrected chi connectivity index (χ3v) is 3.81. The number of fused-ring (bicyclic) bond motifs is 1. The largest absolute Gasteiger partial charge is 0.384 e. The molecule has 0 fully saturated rings. The van der Waals surface area contributed by atoms with Crippen molar-refractivity contribution in [2.75, 3.05) is 11.9 Å². The molecule has 0 unspecified atom stereocenters. The second kappa shape index (κ2) is 4.96. The number of rotatable bonds is 3. The maximum absolute atomic E-state index is 7.69. The van der Waals surface area contributed by atoms with E-state index in [2.05, 4.69) is 6.07 Å². The summed E-state index contributed by atoms with van der Waals surface area (Å²) in [5.41, 5.74) is 9.86. The summed E-state index contributed by atoms with van der Waals surface area (Å²) in [7, 11) is 1.96. The van der Waals surface area contributed by atoms with Crippen molar-refractivity contribution < 1.29 is 0 Å². The number of hydrogen-bond acceptors (Lipinski definition) is 3. The van der Waals surface area contributed by atoms with Gasteiger partial charge in [-0.1, -0.05) is 18.2 Å². The molecule has 1 aromatic carbocycles. The minimum atomic E-state index is 0.0774. The zero-order chi connectivity index (χ0) is 14.1. The highest BCUT2D eigenvalue weighted by Gasteiger charge is 2.16. The Morgan fingerprint density at radius 3 is 2.80 bits per heavy atom. The van der Waals surface area contributed by atoms with Crippen LogP contribution in [0.1, 0.15) is 23.2 Å². The first-order chi connectivity index (χ1) is 9.66. The van der Waals surface area contributed by atoms with E-state index in [4.69, 9.17) is 16.1 Å². The Bertz CT molecular complexity index is 663. The lowest BCUT2D eigenvalue weighted by atomic mass is 10.1. The predicted molar refractivity (Wildman–Crippen MR) is 81.8 cm³/mol. The van der Waals surface area contributed by atoms with Gasteiger partial charge in [-0.25, -0.2) is 4.98 Å². The molecule has 2 aromatic rings. The van der Waals surface area contributed by atoms with Crippen LogP contribution in [0.2, 0.25) is 0 Å². The van der Waals surface area contributed by atoms with Crippen molar-refractivity contribution in [3.63, 3.8) is 0 Å². The smallest absolute Gasteiger partial charge is 0.133 e. The molecule has 0 spiro atoms. The highest BCUT2D eigenvalue weighted by Crippen LogP contribution is 2.28. The summed E-state index contributed by atoms with van der Waals surface area (Å²) >= 11 is 0. The van der Waals surface area contributed by atoms with Crippen LogP contribution in [0.25, 0.3) is 0 Å². The van der Waals surface area contributed by atoms with Gasteiger partial charge in [-0.2, -0.15) is 0 Å². The molecule has 1 aliphatic rings. The zero-order valence-electron chi connectivity index (χ0n) is 11.6. The molecule has 0 radical (unpaired) electrons. The minimum absolute atomic E-state index is 0.0774. The van der Waals surface area contributed by atoms with Crippen molar-refractivity contribution in [1.29, 1.82) is 5.41 Å². The zero-order valence-corrected chi connectivity index (χ0v) is 11.6. The highest BCUT2D eigenvalue weighted by molar-refractivity contribution is 6.01. The fourth-order valence-corrected chi connectivity index (χ4v) is 2.71. The first-order valence-electron chi connectivity index (χ1n) is 6.83. The van der Waals surface area contributed by atoms with Crippen molar-refractivity contribution in [2.45, 2.75) is 19.3 Å². The first kappa shape index (κ1) is 12.7. The summed E-state index contributed by atoms with van der Waals surface area (Å²) in [6.07, 6.45) is 3.39. The number of nitrogens with one attached hydrogen (secondary N) is 1. The number of aryl methyl sites for hydroxylation is 2. The van der Waals surface area contributed by atoms with Crippen LogP contribution in [0.15, 0.2) is 36.4 Å². The molecule has 1 aromatic heterocycles. The number of amidine groups is 1. The fraction of sp³-hybridized carbons (Fsp3) is 0.250. The van der Waals surface area contributed by atoms with E-state index in [9.17, 15) is 0 Å². The Balaban J connectivity index is 2.01. The number of hydrogen-bond donors (Lipinski definition) is 2. The van der Waals surface area contributed by atoms with Crippen LogP contribution in [-0.2, 0) is 12.8 Å². The van der Waals surface area contributed by atoms with Crippen LogP contribution < -0.4 is 10.6 Å². The Morgan fingerprint density at radius 2 is 2.00 bits per heavy atom. The van der Waals surface area contributed by atoms with Gasteiger partial charge in [-0.3, -0.25) is 5.41 Å². The van der Waals surface area contributed by atoms with E-state index in [1.165, 1.54) is 17.7 Å². The number of benzene rings is 1. The number of anilines is 2. The fourth-order valence-electron chi connectivity index (χ4n) is 2.71. The molecule has 0 bridgehead atoms. The van der Waals surface area contributed by atoms with Gasteiger partial charge in [0.05, 0.1) is 5.69 Å². The van der Waals surface area contributed by atoms with E-state index in [0.717, 1.165) is 29.9 Å². The van der Waals surface area contributed by atoms with Crippen molar-refractivity contribution in [1.82, 2.24) is 4.98 Å². The summed E-state index contributed by atoms with van der Waals surface area (Å²) in [6, 6.07) is 11.9. The molecule has 0 saturated heterocycles. The summed E-state index contributed by atoms with van der Waals surface area (Å²) in [6.45, 7) is 0. The molecular weight excluding hydrogens is 248 g/mol. The van der Waals surface area contributed by atoms with Crippen LogP contribution in [0, 0.1) is 5.41 Å². The van der Waals surface area contributed by atoms with E-state index in [1.54, 1.807) is 0 Å². The van der Waals surface area contributed by atoms with Crippen LogP contribution in [0.4, 0.5) is 11.5 Å². The number of nitrogens with two attached hydrogens (primary N) is 1. The van der Waals surface area contributed by atoms with Gasteiger partial charge in [0.25, 0.3) is 0 Å². The Hall–Kier alpha value is -2.36. The lowest BCUT2D eigenvalue weighted by Gasteiger charge is -2.21. The van der Waals surface area contributed by atoms with Crippen LogP contribution in [0.5, 0.6) is 0 Å². The third kappa shape index (κ3) is 2.13. The van der Waals surface area contributed by atoms with Gasteiger partial charge in [0.1, 0.15) is 11.7 Å². The summed E-state index contributed by atoms with van der Waals surface area (Å²) in [4.78, 5) is 6.74. The van der Waals surface area contributed by atoms with Gasteiger partial charge in [0, 0.05) is 18.3 Å². The van der Waals surface area contributed by atoms with Gasteiger partial charge in [-0.15, -0.1) is 0 Å². The van der Waals surface area contributed by atoms with Crippen molar-refractivity contribution >= 4 is 17.3 Å². The molecule has 1 heterocycles. The maximum atomic E-state index is 7.69. The van der Waals surface area contributed by atoms with Crippen molar-refractivity contribution in [3.05, 3.63) is 53.2 Å². The van der Waals surface area contributed by atoms with Crippen molar-refractivity contribution in [2.24, 2.45) is 5.73 Å². The quantitative estimate of drug-likeness (QED) is 0.663. The van der Waals surface area contributed by atoms with E-state index in [0.29, 0.717) is 0 Å². The SMILES string of the molecule is CN(c1ccc2c(n1)CCC2)c1ccccc1C(=N)N. The monoisotopic (exact) mass is 266 g/mol. The normalized spacial score (nSPS) is 13.1. The van der Waals surface area contributed by atoms with Gasteiger partial charge in [0.15, 0.2) is 0 Å². The summed E-state index contributed by atoms with van der Waals surface area (Å²) in [5, 5.41) is 7.69. The predicted octanol–water partition coefficient (Wildman–Crippen LogP) is 2.62. The van der Waals surface area contributed by atoms with Crippen molar-refractivity contribution in [3.8, 4) is 0 Å². The lowest BCUT2D eigenvalue weighted by molar-refractivity contribution is 0.898. The molecule has 3 rings (SSSR count). The standard InChI is InChI=1S/C16H18N4/c1-20(14-8-3-2-6-12(14)16(17)18)15-10-9-11-5-4-7-13(11)19-15/h2-3,6,8-10H,4-5,7H2,1H3,(H3,17,18). The number of para-hydroxylation sites is 1. The van der Waals surface area contributed by atoms with Gasteiger partial charge in [0.2, 0.25) is 0 Å². The topological polar surface area (TPSA) is 66.0 Å². The molecule has 0 amide bonds. The van der Waals surface area contributed by atoms with E-state index in [1.807, 2.05) is 42.3 Å². The van der Waals surface area contributed by atoms with Crippen LogP contribution in [0.3, 0.4) is 0 Å². The molecule has 0 atom stereocenters. The summed E-state index contributed by atoms with van der Waals surface area (Å²) in [5.74, 6) is 0.980. The summed E-state index contributed by atoms with van der Waals surface area (Å²) < 4.78 is 0. The molecule has 4 heteroatoms. The second-order valence-electron chi connectivity index (χ2n) is 5.12. The van der Waals surface area contributed by atoms with E-state index >= 15 is 0 Å². The Kier molecular flexibility index (Phi) is 3.14. The minimum Gasteiger partial charge on any atom is -0.384 e. The maximum Gasteiger partial charge on any atom is 0.133 e. The Labute approximate surface area is 118 Å². The van der Waals surface area contributed by atoms with E-state index < -0.39 is 0 Å². The van der Waals surface area contributed by atoms with Gasteiger partial charge < -0.3 is 10.6 Å². The van der Waals surface area contributed by atoms with Gasteiger partial charge in [-0.05, 0) is 43.0 Å². The Morgan fingerprint density at radius 1 is 1.20 bits per heavy atom. The number of aromatic nitrogens is 1. The molecule has 0 aliphatic heterocycles. The third-order valence-electron chi connectivity index (χ3n) is 3.81. The second-order valence-corrected chi connectivity index (χ2v) is 5.12. The van der Waals surface area contributed by atoms with Crippen LogP contribution in [-0.4, -0.2) is 17.9 Å². The highest BCUT2D eigenvalue weighted by atomic mass is 15.2. The lowest BCUT2D eigenvalue weighted by Crippen LogP contribution is -2.19. The van der Waals surface area contributed by atoms with E-state index in [-0.39, 0.29) is 5.84 Å². The molecule has 102 valence electrons. The number of nitrogens with zero attached hydrogens (tertiary/aromatic N) is 2. The average Bonchev–Trinajstić information content (AvgIpc) is 2.93. The number of nitrogen functional groups attached to an aromatic ring is 1. The molecule has 4 nitrogen and oxygen atoms in total. The van der Waals surface area contributed by atoms with Crippen LogP contribution >= 0.6 is 0 Å². The molecule has 0 saturated carbocycles. The molecule has 1 aliphatic carbocycles. The first-order valence-corrected chi connectivity index (χ1v) is 6.83. The molecule has 3 N–H and O–H groups in total. The average molecular weight is 266 g/mol. The molecular formula is C16H18N4. The molecule has 20 heavy (non-hydrogen) atoms.